The molecule has 0 aliphatic carbocycles. The van der Waals surface area contributed by atoms with Gasteiger partial charge in [0.1, 0.15) is 6.26 Å². The number of amides is 1. The lowest BCUT2D eigenvalue weighted by Crippen LogP contribution is -2.13. The molecule has 2 aromatic heterocycles. The maximum Gasteiger partial charge on any atom is 0.335 e. The highest BCUT2D eigenvalue weighted by Crippen LogP contribution is 2.17. The normalized spacial score (nSPS) is 10.1. The van der Waals surface area contributed by atoms with Crippen LogP contribution < -0.4 is 10.9 Å². The standard InChI is InChI=1S/C13H12N2O5S/c1-2-19-11(17)5-9-7-21-13(14-9)15-12(18)8-3-4-10(16)20-6-8/h3-4,6-7H,2,5H2,1H3,(H,14,15,18). The average molecular weight is 308 g/mol. The van der Waals surface area contributed by atoms with Crippen LogP contribution in [0.2, 0.25) is 0 Å². The zero-order valence-electron chi connectivity index (χ0n) is 11.1. The third-order valence-electron chi connectivity index (χ3n) is 2.37. The molecule has 2 aromatic rings. The van der Waals surface area contributed by atoms with Gasteiger partial charge in [0.25, 0.3) is 5.91 Å². The van der Waals surface area contributed by atoms with Gasteiger partial charge < -0.3 is 9.15 Å². The molecule has 21 heavy (non-hydrogen) atoms. The van der Waals surface area contributed by atoms with Gasteiger partial charge in [0.15, 0.2) is 5.13 Å². The fourth-order valence-electron chi connectivity index (χ4n) is 1.46. The highest BCUT2D eigenvalue weighted by atomic mass is 32.1. The van der Waals surface area contributed by atoms with E-state index in [0.717, 1.165) is 12.3 Å². The number of esters is 1. The van der Waals surface area contributed by atoms with Gasteiger partial charge in [0, 0.05) is 11.4 Å². The van der Waals surface area contributed by atoms with Crippen LogP contribution in [0.15, 0.2) is 33.0 Å². The zero-order chi connectivity index (χ0) is 15.2. The third kappa shape index (κ3) is 4.25. The summed E-state index contributed by atoms with van der Waals surface area (Å²) in [5, 5.41) is 4.57. The van der Waals surface area contributed by atoms with Crippen LogP contribution in [0.5, 0.6) is 0 Å². The number of carbonyl (C=O) groups excluding carboxylic acids is 2. The molecular weight excluding hydrogens is 296 g/mol. The molecule has 0 atom stereocenters. The molecule has 0 fully saturated rings. The second-order valence-corrected chi connectivity index (χ2v) is 4.78. The molecule has 1 N–H and O–H groups in total. The van der Waals surface area contributed by atoms with E-state index in [1.165, 1.54) is 17.4 Å². The average Bonchev–Trinajstić information content (AvgIpc) is 2.86. The van der Waals surface area contributed by atoms with Crippen LogP contribution in [0.4, 0.5) is 5.13 Å². The van der Waals surface area contributed by atoms with Gasteiger partial charge in [-0.25, -0.2) is 9.78 Å². The van der Waals surface area contributed by atoms with Gasteiger partial charge in [-0.15, -0.1) is 11.3 Å². The fourth-order valence-corrected chi connectivity index (χ4v) is 2.17. The van der Waals surface area contributed by atoms with Crippen molar-refractivity contribution in [2.45, 2.75) is 13.3 Å². The molecule has 0 aromatic carbocycles. The Morgan fingerprint density at radius 2 is 2.24 bits per heavy atom. The molecule has 8 heteroatoms. The predicted octanol–water partition coefficient (Wildman–Crippen LogP) is 1.45. The summed E-state index contributed by atoms with van der Waals surface area (Å²) >= 11 is 1.19. The Bertz CT molecular complexity index is 686. The van der Waals surface area contributed by atoms with E-state index in [-0.39, 0.29) is 18.0 Å². The van der Waals surface area contributed by atoms with Crippen molar-refractivity contribution in [1.29, 1.82) is 0 Å². The largest absolute Gasteiger partial charge is 0.466 e. The number of hydrogen-bond donors (Lipinski definition) is 1. The minimum atomic E-state index is -0.530. The summed E-state index contributed by atoms with van der Waals surface area (Å²) < 4.78 is 9.42. The molecule has 0 saturated carbocycles. The predicted molar refractivity (Wildman–Crippen MR) is 75.4 cm³/mol. The van der Waals surface area contributed by atoms with Crippen LogP contribution in [0, 0.1) is 0 Å². The molecule has 0 saturated heterocycles. The maximum atomic E-state index is 11.9. The van der Waals surface area contributed by atoms with Crippen LogP contribution in [0.3, 0.4) is 0 Å². The topological polar surface area (TPSA) is 98.5 Å². The number of rotatable bonds is 5. The number of nitrogens with zero attached hydrogens (tertiary/aromatic N) is 1. The Balaban J connectivity index is 1.98. The number of carbonyl (C=O) groups is 2. The van der Waals surface area contributed by atoms with Gasteiger partial charge in [-0.1, -0.05) is 0 Å². The molecule has 1 amide bonds. The lowest BCUT2D eigenvalue weighted by atomic mass is 10.3. The molecule has 0 radical (unpaired) electrons. The molecule has 0 spiro atoms. The van der Waals surface area contributed by atoms with E-state index in [1.54, 1.807) is 12.3 Å². The Morgan fingerprint density at radius 1 is 1.43 bits per heavy atom. The smallest absolute Gasteiger partial charge is 0.335 e. The van der Waals surface area contributed by atoms with Crippen LogP contribution in [0.1, 0.15) is 23.0 Å². The number of aromatic nitrogens is 1. The van der Waals surface area contributed by atoms with Crippen molar-refractivity contribution in [3.63, 3.8) is 0 Å². The number of ether oxygens (including phenoxy) is 1. The van der Waals surface area contributed by atoms with Crippen molar-refractivity contribution in [2.75, 3.05) is 11.9 Å². The van der Waals surface area contributed by atoms with Gasteiger partial charge in [-0.2, -0.15) is 0 Å². The summed E-state index contributed by atoms with van der Waals surface area (Å²) in [6, 6.07) is 2.51. The first-order valence-corrected chi connectivity index (χ1v) is 6.96. The maximum absolute atomic E-state index is 11.9. The number of hydrogen-bond acceptors (Lipinski definition) is 7. The minimum absolute atomic E-state index is 0.0560. The van der Waals surface area contributed by atoms with E-state index in [2.05, 4.69) is 14.7 Å². The molecule has 0 aliphatic rings. The molecule has 2 rings (SSSR count). The summed E-state index contributed by atoms with van der Waals surface area (Å²) in [4.78, 5) is 38.1. The van der Waals surface area contributed by atoms with Crippen LogP contribution in [0.25, 0.3) is 0 Å². The van der Waals surface area contributed by atoms with Gasteiger partial charge >= 0.3 is 11.6 Å². The highest BCUT2D eigenvalue weighted by molar-refractivity contribution is 7.14. The third-order valence-corrected chi connectivity index (χ3v) is 3.17. The van der Waals surface area contributed by atoms with Gasteiger partial charge in [-0.05, 0) is 13.0 Å². The minimum Gasteiger partial charge on any atom is -0.466 e. The van der Waals surface area contributed by atoms with Crippen LogP contribution in [-0.4, -0.2) is 23.5 Å². The lowest BCUT2D eigenvalue weighted by molar-refractivity contribution is -0.142. The van der Waals surface area contributed by atoms with Gasteiger partial charge in [0.05, 0.1) is 24.3 Å². The quantitative estimate of drug-likeness (QED) is 0.839. The summed E-state index contributed by atoms with van der Waals surface area (Å²) in [6.45, 7) is 2.04. The van der Waals surface area contributed by atoms with E-state index in [0.29, 0.717) is 17.4 Å². The molecule has 0 aliphatic heterocycles. The molecule has 0 bridgehead atoms. The van der Waals surface area contributed by atoms with E-state index in [1.807, 2.05) is 0 Å². The molecule has 0 unspecified atom stereocenters. The molecule has 110 valence electrons. The Labute approximate surface area is 123 Å². The number of thiazole rings is 1. The first-order valence-electron chi connectivity index (χ1n) is 6.08. The van der Waals surface area contributed by atoms with E-state index >= 15 is 0 Å². The van der Waals surface area contributed by atoms with E-state index < -0.39 is 11.5 Å². The lowest BCUT2D eigenvalue weighted by Gasteiger charge is -2.00. The fraction of sp³-hybridized carbons (Fsp3) is 0.231. The molecule has 2 heterocycles. The first kappa shape index (κ1) is 14.9. The molecular formula is C13H12N2O5S. The zero-order valence-corrected chi connectivity index (χ0v) is 11.9. The van der Waals surface area contributed by atoms with Crippen molar-refractivity contribution in [2.24, 2.45) is 0 Å². The van der Waals surface area contributed by atoms with Crippen molar-refractivity contribution in [1.82, 2.24) is 4.98 Å². The Morgan fingerprint density at radius 3 is 2.90 bits per heavy atom. The molecule has 7 nitrogen and oxygen atoms in total. The van der Waals surface area contributed by atoms with Crippen LogP contribution in [-0.2, 0) is 16.0 Å². The van der Waals surface area contributed by atoms with E-state index in [9.17, 15) is 14.4 Å². The summed E-state index contributed by atoms with van der Waals surface area (Å²) in [5.74, 6) is -0.818. The highest BCUT2D eigenvalue weighted by Gasteiger charge is 2.12. The Kier molecular flexibility index (Phi) is 4.83. The first-order chi connectivity index (χ1) is 10.1. The van der Waals surface area contributed by atoms with Gasteiger partial charge in [0.2, 0.25) is 0 Å². The SMILES string of the molecule is CCOC(=O)Cc1csc(NC(=O)c2ccc(=O)oc2)n1. The second kappa shape index (κ2) is 6.80. The Hall–Kier alpha value is -2.48. The van der Waals surface area contributed by atoms with Gasteiger partial charge in [-0.3, -0.25) is 14.9 Å². The van der Waals surface area contributed by atoms with Crippen molar-refractivity contribution >= 4 is 28.3 Å². The van der Waals surface area contributed by atoms with Crippen molar-refractivity contribution < 1.29 is 18.7 Å². The van der Waals surface area contributed by atoms with Crippen molar-refractivity contribution in [3.8, 4) is 0 Å². The van der Waals surface area contributed by atoms with E-state index in [4.69, 9.17) is 4.74 Å². The summed E-state index contributed by atoms with van der Waals surface area (Å²) in [6.07, 6.45) is 1.13. The summed E-state index contributed by atoms with van der Waals surface area (Å²) in [7, 11) is 0. The second-order valence-electron chi connectivity index (χ2n) is 3.92. The number of nitrogens with one attached hydrogen (secondary N) is 1. The number of anilines is 1. The van der Waals surface area contributed by atoms with Crippen LogP contribution >= 0.6 is 11.3 Å². The monoisotopic (exact) mass is 308 g/mol. The summed E-state index contributed by atoms with van der Waals surface area (Å²) in [5.41, 5.74) is 0.197. The van der Waals surface area contributed by atoms with Crippen molar-refractivity contribution in [3.05, 3.63) is 45.5 Å².